The number of hydrogen-bond acceptors (Lipinski definition) is 45. The molecule has 9 aliphatic rings. The molecule has 9 saturated heterocycles. The second-order valence-electron chi connectivity index (χ2n) is 29.5. The summed E-state index contributed by atoms with van der Waals surface area (Å²) < 4.78 is 102. The molecule has 114 heavy (non-hydrogen) atoms. The fourth-order valence-electron chi connectivity index (χ4n) is 15.1. The van der Waals surface area contributed by atoms with Gasteiger partial charge in [-0.2, -0.15) is 0 Å². The van der Waals surface area contributed by atoms with Crippen molar-refractivity contribution in [2.45, 2.75) is 317 Å². The zero-order valence-electron chi connectivity index (χ0n) is 62.2. The highest BCUT2D eigenvalue weighted by molar-refractivity contribution is 5.74. The van der Waals surface area contributed by atoms with Gasteiger partial charge in [0.25, 0.3) is 0 Å². The van der Waals surface area contributed by atoms with E-state index in [9.17, 15) is 142 Å². The summed E-state index contributed by atoms with van der Waals surface area (Å²) in [5.74, 6) is -3.80. The van der Waals surface area contributed by atoms with Gasteiger partial charge in [0.1, 0.15) is 213 Å². The lowest BCUT2D eigenvalue weighted by molar-refractivity contribution is -0.398. The van der Waals surface area contributed by atoms with E-state index in [0.29, 0.717) is 0 Å². The van der Waals surface area contributed by atoms with Crippen LogP contribution in [-0.2, 0) is 99.7 Å². The summed E-state index contributed by atoms with van der Waals surface area (Å²) in [6, 6.07) is -6.92. The van der Waals surface area contributed by atoms with Crippen LogP contribution in [0.25, 0.3) is 0 Å². The van der Waals surface area contributed by atoms with Crippen molar-refractivity contribution in [1.29, 1.82) is 0 Å². The van der Waals surface area contributed by atoms with Crippen molar-refractivity contribution in [2.75, 3.05) is 59.5 Å². The lowest BCUT2D eigenvalue weighted by atomic mass is 9.87. The van der Waals surface area contributed by atoms with Crippen molar-refractivity contribution in [3.63, 3.8) is 0 Å². The molecule has 0 saturated carbocycles. The van der Waals surface area contributed by atoms with E-state index in [2.05, 4.69) is 21.3 Å². The minimum Gasteiger partial charge on any atom is -0.394 e. The monoisotopic (exact) mass is 1670 g/mol. The van der Waals surface area contributed by atoms with E-state index in [-0.39, 0.29) is 0 Å². The predicted molar refractivity (Wildman–Crippen MR) is 356 cm³/mol. The molecular formula is C65H110N4O45. The molecule has 45 atom stereocenters. The van der Waals surface area contributed by atoms with Gasteiger partial charge in [-0.1, -0.05) is 13.8 Å². The first-order valence-corrected chi connectivity index (χ1v) is 36.9. The van der Waals surface area contributed by atoms with E-state index < -0.39 is 365 Å². The zero-order chi connectivity index (χ0) is 84.1. The number of nitrogens with one attached hydrogen (secondary N) is 4. The molecule has 0 spiro atoms. The van der Waals surface area contributed by atoms with Gasteiger partial charge in [0.2, 0.25) is 23.6 Å². The Bertz CT molecular complexity index is 3020. The summed E-state index contributed by atoms with van der Waals surface area (Å²) in [6.07, 6.45) is -83.0. The maximum Gasteiger partial charge on any atom is 0.217 e. The molecule has 0 aromatic rings. The predicted octanol–water partition coefficient (Wildman–Crippen LogP) is -18.3. The summed E-state index contributed by atoms with van der Waals surface area (Å²) >= 11 is 0. The highest BCUT2D eigenvalue weighted by Crippen LogP contribution is 2.40. The van der Waals surface area contributed by atoms with Gasteiger partial charge in [-0.25, -0.2) is 0 Å². The number of amides is 4. The minimum absolute atomic E-state index is 0.405. The third kappa shape index (κ3) is 20.7. The van der Waals surface area contributed by atoms with Gasteiger partial charge in [0.05, 0.1) is 71.6 Å². The fraction of sp³-hybridized carbons (Fsp3) is 0.938. The van der Waals surface area contributed by atoms with Crippen LogP contribution in [0.5, 0.6) is 0 Å². The molecule has 9 heterocycles. The fourth-order valence-corrected chi connectivity index (χ4v) is 15.1. The van der Waals surface area contributed by atoms with Crippen LogP contribution in [0.2, 0.25) is 0 Å². The van der Waals surface area contributed by atoms with Gasteiger partial charge in [0, 0.05) is 27.7 Å². The first-order valence-electron chi connectivity index (χ1n) is 36.9. The van der Waals surface area contributed by atoms with Gasteiger partial charge < -0.3 is 224 Å². The Morgan fingerprint density at radius 3 is 0.851 bits per heavy atom. The Hall–Kier alpha value is -3.76. The van der Waals surface area contributed by atoms with Crippen molar-refractivity contribution < 1.29 is 222 Å². The zero-order valence-corrected chi connectivity index (χ0v) is 62.2. The summed E-state index contributed by atoms with van der Waals surface area (Å²) in [5.41, 5.74) is 0. The van der Waals surface area contributed by atoms with Crippen LogP contribution in [0.15, 0.2) is 0 Å². The first kappa shape index (κ1) is 94.1. The molecule has 0 aromatic carbocycles. The standard InChI is InChI=1S/C65H110N4O45/c1-16(2)50-30(66-17(3)78)39(87)51(25(11-74)99-50)108-58-31(67-18(4)79)40(88)54(28(14-77)104-58)111-63-49(97)55(112-65-57(46(94)37(85)24(10-73)103-65)114-60-33(69-20(6)81)42(90)53(27(13-76)106-60)110-62-48(96)44(92)35(83)22(8-71)101-62)38(86)29(107-63)15-98-64-56(45(93)36(84)23(9-72)102-64)113-59-32(68-19(5)80)41(89)52(26(12-75)105-59)109-61-47(95)43(91)34(82)21(7-70)100-61/h16,21-65,70-77,82-97H,7-15H2,1-6H3,(H,66,78)(H,67,79)(H,68,80)(H,69,81)/t21?,22?,23?,24?,25?,26?,27?,28?,29?,30?,31?,32?,33?,34-,35-,36+,37-,38+,39+,40+,41?,42+,43-,44-,45-,46?,47?,48?,49?,50-,51+,52+,53+,54+,55-,56?,57-,58-,59-,60-,61-,62-,63-,64-,65-/m0/s1. The Morgan fingerprint density at radius 2 is 0.509 bits per heavy atom. The van der Waals surface area contributed by atoms with E-state index in [1.807, 2.05) is 0 Å². The molecule has 9 fully saturated rings. The average molecular weight is 1670 g/mol. The average Bonchev–Trinajstić information content (AvgIpc) is 0.767. The molecule has 0 radical (unpaired) electrons. The lowest BCUT2D eigenvalue weighted by Crippen LogP contribution is -2.71. The van der Waals surface area contributed by atoms with Gasteiger partial charge in [-0.05, 0) is 5.92 Å². The van der Waals surface area contributed by atoms with Crippen LogP contribution < -0.4 is 21.3 Å². The topological polar surface area (TPSA) is 759 Å². The van der Waals surface area contributed by atoms with Gasteiger partial charge in [-0.15, -0.1) is 0 Å². The summed E-state index contributed by atoms with van der Waals surface area (Å²) in [4.78, 5) is 51.4. The summed E-state index contributed by atoms with van der Waals surface area (Å²) in [5, 5.41) is 278. The number of ether oxygens (including phenoxy) is 17. The van der Waals surface area contributed by atoms with Crippen molar-refractivity contribution in [3.8, 4) is 0 Å². The highest BCUT2D eigenvalue weighted by Gasteiger charge is 2.61. The minimum atomic E-state index is -2.55. The second-order valence-corrected chi connectivity index (χ2v) is 29.5. The third-order valence-electron chi connectivity index (χ3n) is 21.1. The molecular weight excluding hydrogens is 1560 g/mol. The molecule has 28 N–H and O–H groups in total. The van der Waals surface area contributed by atoms with Gasteiger partial charge in [0.15, 0.2) is 50.3 Å². The molecule has 49 nitrogen and oxygen atoms in total. The largest absolute Gasteiger partial charge is 0.394 e. The van der Waals surface area contributed by atoms with E-state index in [4.69, 9.17) is 80.5 Å². The third-order valence-corrected chi connectivity index (χ3v) is 21.1. The SMILES string of the molecule is CC(=O)NC1C(O)[C@H](O[C@@H]2OC(CO)[C@H](O)[C@H](O)C2O)C(CO)O[C@H]1OC1[C@@H](OCC2O[C@@H](O[C@@H]3C(CO)O[C@@H](O[C@@H]4C(CO)O[C@@H](C(C)C)C(NC(C)=O)[C@H]4O)C(NC(C)=O)[C@H]3O)C(O)[C@@H](O[C@@H]3OC(CO)[C@H](O)C(O)[C@@H]3O[C@@H]3OC(CO)[C@@H](O[C@@H]4OC(CO)[C@H](O)[C@H](O)C4O)[C@H](O)C3NC(C)=O)[C@@H]2O)OC(CO)[C@@H](O)[C@@H]1O. The molecule has 19 unspecified atom stereocenters. The Balaban J connectivity index is 1.06. The Morgan fingerprint density at radius 1 is 0.254 bits per heavy atom. The normalized spacial score (nSPS) is 48.3. The molecule has 4 amide bonds. The van der Waals surface area contributed by atoms with E-state index in [1.165, 1.54) is 0 Å². The summed E-state index contributed by atoms with van der Waals surface area (Å²) in [7, 11) is 0. The van der Waals surface area contributed by atoms with Crippen molar-refractivity contribution in [3.05, 3.63) is 0 Å². The molecule has 0 bridgehead atoms. The van der Waals surface area contributed by atoms with Crippen LogP contribution in [0.1, 0.15) is 41.5 Å². The number of aliphatic hydroxyl groups excluding tert-OH is 24. The van der Waals surface area contributed by atoms with Crippen LogP contribution in [0, 0.1) is 5.92 Å². The molecule has 660 valence electrons. The van der Waals surface area contributed by atoms with Crippen LogP contribution >= 0.6 is 0 Å². The maximum atomic E-state index is 13.1. The molecule has 9 rings (SSSR count). The number of hydrogen-bond donors (Lipinski definition) is 28. The van der Waals surface area contributed by atoms with Crippen LogP contribution in [0.3, 0.4) is 0 Å². The molecule has 0 aliphatic carbocycles. The highest BCUT2D eigenvalue weighted by atomic mass is 16.8. The van der Waals surface area contributed by atoms with Crippen molar-refractivity contribution in [2.24, 2.45) is 5.92 Å². The molecule has 0 aromatic heterocycles. The number of rotatable bonds is 30. The Kier molecular flexibility index (Phi) is 34.0. The lowest BCUT2D eigenvalue weighted by Gasteiger charge is -2.51. The Labute approximate surface area is 648 Å². The van der Waals surface area contributed by atoms with Gasteiger partial charge in [-0.3, -0.25) is 19.2 Å². The van der Waals surface area contributed by atoms with Crippen LogP contribution in [0.4, 0.5) is 0 Å². The number of aliphatic hydroxyl groups is 24. The molecule has 49 heteroatoms. The number of carbonyl (C=O) groups excluding carboxylic acids is 4. The maximum absolute atomic E-state index is 13.1. The van der Waals surface area contributed by atoms with Gasteiger partial charge >= 0.3 is 0 Å². The van der Waals surface area contributed by atoms with E-state index >= 15 is 0 Å². The quantitative estimate of drug-likeness (QED) is 0.0318. The van der Waals surface area contributed by atoms with E-state index in [0.717, 1.165) is 27.7 Å². The second kappa shape index (κ2) is 41.2. The summed E-state index contributed by atoms with van der Waals surface area (Å²) in [6.45, 7) is -2.17. The number of carbonyl (C=O) groups is 4. The first-order chi connectivity index (χ1) is 53.9. The van der Waals surface area contributed by atoms with Crippen LogP contribution in [-0.4, -0.2) is 482 Å². The van der Waals surface area contributed by atoms with Crippen molar-refractivity contribution >= 4 is 23.6 Å². The van der Waals surface area contributed by atoms with E-state index in [1.54, 1.807) is 13.8 Å². The smallest absolute Gasteiger partial charge is 0.217 e. The van der Waals surface area contributed by atoms with Crippen molar-refractivity contribution in [1.82, 2.24) is 21.3 Å². The molecule has 9 aliphatic heterocycles.